The molecule has 1 rings (SSSR count). The predicted molar refractivity (Wildman–Crippen MR) is 72.5 cm³/mol. The average Bonchev–Trinajstić information content (AvgIpc) is 2.38. The van der Waals surface area contributed by atoms with Gasteiger partial charge in [0.05, 0.1) is 6.61 Å². The van der Waals surface area contributed by atoms with Crippen LogP contribution in [0.3, 0.4) is 0 Å². The Morgan fingerprint density at radius 2 is 1.76 bits per heavy atom. The molecule has 1 N–H and O–H groups in total. The van der Waals surface area contributed by atoms with E-state index in [1.165, 1.54) is 32.6 Å². The van der Waals surface area contributed by atoms with Gasteiger partial charge in [-0.1, -0.05) is 6.92 Å². The lowest BCUT2D eigenvalue weighted by molar-refractivity contribution is 0.0382. The first kappa shape index (κ1) is 14.9. The molecule has 17 heavy (non-hydrogen) atoms. The molecule has 0 aromatic carbocycles. The molecule has 1 saturated heterocycles. The van der Waals surface area contributed by atoms with E-state index < -0.39 is 0 Å². The first-order valence-corrected chi connectivity index (χ1v) is 6.84. The summed E-state index contributed by atoms with van der Waals surface area (Å²) < 4.78 is 5.31. The van der Waals surface area contributed by atoms with Crippen molar-refractivity contribution in [3.63, 3.8) is 0 Å². The molecule has 1 aliphatic rings. The van der Waals surface area contributed by atoms with E-state index in [2.05, 4.69) is 29.0 Å². The average molecular weight is 243 g/mol. The van der Waals surface area contributed by atoms with Crippen LogP contribution in [-0.2, 0) is 4.74 Å². The molecule has 0 aromatic rings. The Kier molecular flexibility index (Phi) is 7.04. The maximum atomic E-state index is 5.31. The Morgan fingerprint density at radius 3 is 2.24 bits per heavy atom. The fraction of sp³-hybridized carbons (Fsp3) is 1.00. The van der Waals surface area contributed by atoms with Crippen molar-refractivity contribution in [2.45, 2.75) is 32.4 Å². The summed E-state index contributed by atoms with van der Waals surface area (Å²) in [6.45, 7) is 11.2. The minimum absolute atomic E-state index is 0.518. The van der Waals surface area contributed by atoms with Gasteiger partial charge in [0.15, 0.2) is 0 Å². The van der Waals surface area contributed by atoms with Gasteiger partial charge in [0.1, 0.15) is 0 Å². The largest absolute Gasteiger partial charge is 0.383 e. The van der Waals surface area contributed by atoms with Gasteiger partial charge in [0.2, 0.25) is 0 Å². The predicted octanol–water partition coefficient (Wildman–Crippen LogP) is 0.637. The molecule has 4 nitrogen and oxygen atoms in total. The van der Waals surface area contributed by atoms with E-state index in [4.69, 9.17) is 4.74 Å². The highest BCUT2D eigenvalue weighted by atomic mass is 16.5. The SMILES string of the molecule is CCC(C)N1CCN(C(CNC)COC)CC1. The molecule has 2 atom stereocenters. The summed E-state index contributed by atoms with van der Waals surface area (Å²) in [6.07, 6.45) is 1.25. The zero-order valence-corrected chi connectivity index (χ0v) is 11.9. The molecule has 0 bridgehead atoms. The van der Waals surface area contributed by atoms with Gasteiger partial charge in [-0.05, 0) is 20.4 Å². The van der Waals surface area contributed by atoms with E-state index in [0.29, 0.717) is 6.04 Å². The van der Waals surface area contributed by atoms with Gasteiger partial charge in [-0.2, -0.15) is 0 Å². The lowest BCUT2D eigenvalue weighted by Gasteiger charge is -2.41. The fourth-order valence-corrected chi connectivity index (χ4v) is 2.52. The lowest BCUT2D eigenvalue weighted by Crippen LogP contribution is -2.55. The number of rotatable bonds is 7. The molecule has 1 aliphatic heterocycles. The summed E-state index contributed by atoms with van der Waals surface area (Å²) in [5, 5.41) is 3.26. The Balaban J connectivity index is 2.38. The van der Waals surface area contributed by atoms with Crippen LogP contribution >= 0.6 is 0 Å². The Hall–Kier alpha value is -0.160. The Bertz CT molecular complexity index is 187. The van der Waals surface area contributed by atoms with Crippen molar-refractivity contribution in [3.05, 3.63) is 0 Å². The number of methoxy groups -OCH3 is 1. The number of likely N-dealkylation sites (N-methyl/N-ethyl adjacent to an activating group) is 1. The van der Waals surface area contributed by atoms with Crippen LogP contribution in [0.2, 0.25) is 0 Å². The van der Waals surface area contributed by atoms with Gasteiger partial charge in [0, 0.05) is 51.9 Å². The van der Waals surface area contributed by atoms with E-state index in [0.717, 1.165) is 19.2 Å². The number of ether oxygens (including phenoxy) is 1. The van der Waals surface area contributed by atoms with Crippen LogP contribution in [-0.4, -0.2) is 75.4 Å². The van der Waals surface area contributed by atoms with E-state index in [9.17, 15) is 0 Å². The summed E-state index contributed by atoms with van der Waals surface area (Å²) in [6, 6.07) is 1.24. The molecule has 1 fully saturated rings. The van der Waals surface area contributed by atoms with E-state index in [1.807, 2.05) is 7.05 Å². The van der Waals surface area contributed by atoms with E-state index in [-0.39, 0.29) is 0 Å². The summed E-state index contributed by atoms with van der Waals surface area (Å²) in [5.41, 5.74) is 0. The topological polar surface area (TPSA) is 27.7 Å². The molecule has 0 spiro atoms. The molecule has 0 radical (unpaired) electrons. The summed E-state index contributed by atoms with van der Waals surface area (Å²) >= 11 is 0. The number of hydrogen-bond donors (Lipinski definition) is 1. The third-order valence-electron chi connectivity index (χ3n) is 3.88. The van der Waals surface area contributed by atoms with E-state index >= 15 is 0 Å². The van der Waals surface area contributed by atoms with Gasteiger partial charge in [0.25, 0.3) is 0 Å². The molecule has 0 saturated carbocycles. The van der Waals surface area contributed by atoms with Gasteiger partial charge < -0.3 is 10.1 Å². The summed E-state index contributed by atoms with van der Waals surface area (Å²) in [5.74, 6) is 0. The second-order valence-electron chi connectivity index (χ2n) is 5.00. The molecule has 0 aromatic heterocycles. The Labute approximate surface area is 106 Å². The van der Waals surface area contributed by atoms with E-state index in [1.54, 1.807) is 7.11 Å². The van der Waals surface area contributed by atoms with Crippen molar-refractivity contribution in [2.75, 3.05) is 53.5 Å². The van der Waals surface area contributed by atoms with Crippen molar-refractivity contribution in [3.8, 4) is 0 Å². The second-order valence-corrected chi connectivity index (χ2v) is 5.00. The van der Waals surface area contributed by atoms with Crippen molar-refractivity contribution in [1.29, 1.82) is 0 Å². The molecule has 0 amide bonds. The third kappa shape index (κ3) is 4.54. The zero-order valence-electron chi connectivity index (χ0n) is 11.9. The molecular weight excluding hydrogens is 214 g/mol. The fourth-order valence-electron chi connectivity index (χ4n) is 2.52. The molecule has 0 aliphatic carbocycles. The van der Waals surface area contributed by atoms with Gasteiger partial charge in [-0.3, -0.25) is 9.80 Å². The van der Waals surface area contributed by atoms with Crippen LogP contribution in [0.15, 0.2) is 0 Å². The van der Waals surface area contributed by atoms with Gasteiger partial charge in [-0.15, -0.1) is 0 Å². The number of hydrogen-bond acceptors (Lipinski definition) is 4. The van der Waals surface area contributed by atoms with Crippen LogP contribution in [0.5, 0.6) is 0 Å². The zero-order chi connectivity index (χ0) is 12.7. The maximum Gasteiger partial charge on any atom is 0.0630 e. The molecule has 102 valence electrons. The van der Waals surface area contributed by atoms with Crippen molar-refractivity contribution < 1.29 is 4.74 Å². The first-order chi connectivity index (χ1) is 8.22. The molecule has 2 unspecified atom stereocenters. The third-order valence-corrected chi connectivity index (χ3v) is 3.88. The van der Waals surface area contributed by atoms with Crippen LogP contribution in [0, 0.1) is 0 Å². The molecule has 1 heterocycles. The standard InChI is InChI=1S/C13H29N3O/c1-5-12(2)15-6-8-16(9-7-15)13(10-14-3)11-17-4/h12-14H,5-11H2,1-4H3. The monoisotopic (exact) mass is 243 g/mol. The molecule has 4 heteroatoms. The number of nitrogens with zero attached hydrogens (tertiary/aromatic N) is 2. The highest BCUT2D eigenvalue weighted by molar-refractivity contribution is 4.81. The normalized spacial score (nSPS) is 22.6. The minimum Gasteiger partial charge on any atom is -0.383 e. The number of nitrogens with one attached hydrogen (secondary N) is 1. The highest BCUT2D eigenvalue weighted by Gasteiger charge is 2.24. The van der Waals surface area contributed by atoms with Crippen molar-refractivity contribution in [1.82, 2.24) is 15.1 Å². The maximum absolute atomic E-state index is 5.31. The van der Waals surface area contributed by atoms with Crippen molar-refractivity contribution >= 4 is 0 Å². The molecular formula is C13H29N3O. The van der Waals surface area contributed by atoms with Crippen LogP contribution < -0.4 is 5.32 Å². The second kappa shape index (κ2) is 8.03. The number of piperazine rings is 1. The minimum atomic E-state index is 0.518. The van der Waals surface area contributed by atoms with Gasteiger partial charge >= 0.3 is 0 Å². The highest BCUT2D eigenvalue weighted by Crippen LogP contribution is 2.11. The quantitative estimate of drug-likeness (QED) is 0.710. The Morgan fingerprint density at radius 1 is 1.18 bits per heavy atom. The van der Waals surface area contributed by atoms with Crippen molar-refractivity contribution in [2.24, 2.45) is 0 Å². The smallest absolute Gasteiger partial charge is 0.0630 e. The summed E-state index contributed by atoms with van der Waals surface area (Å²) in [7, 11) is 3.80. The lowest BCUT2D eigenvalue weighted by atomic mass is 10.1. The van der Waals surface area contributed by atoms with Crippen LogP contribution in [0.1, 0.15) is 20.3 Å². The first-order valence-electron chi connectivity index (χ1n) is 6.84. The summed E-state index contributed by atoms with van der Waals surface area (Å²) in [4.78, 5) is 5.15. The van der Waals surface area contributed by atoms with Gasteiger partial charge in [-0.25, -0.2) is 0 Å². The van der Waals surface area contributed by atoms with Crippen LogP contribution in [0.25, 0.3) is 0 Å². The van der Waals surface area contributed by atoms with Crippen LogP contribution in [0.4, 0.5) is 0 Å².